The summed E-state index contributed by atoms with van der Waals surface area (Å²) in [5.74, 6) is -0.116. The molecule has 3 aromatic rings. The number of halogens is 2. The van der Waals surface area contributed by atoms with E-state index in [-0.39, 0.29) is 4.21 Å². The normalized spacial score (nSPS) is 14.6. The van der Waals surface area contributed by atoms with Crippen LogP contribution in [0.2, 0.25) is 9.36 Å². The predicted molar refractivity (Wildman–Crippen MR) is 114 cm³/mol. The lowest BCUT2D eigenvalue weighted by atomic mass is 10.00. The first-order valence-electron chi connectivity index (χ1n) is 8.94. The molecule has 0 atom stereocenters. The van der Waals surface area contributed by atoms with E-state index in [1.165, 1.54) is 12.1 Å². The number of rotatable bonds is 6. The number of nitrogens with one attached hydrogen (secondary N) is 1. The van der Waals surface area contributed by atoms with Crippen LogP contribution < -0.4 is 9.62 Å². The van der Waals surface area contributed by atoms with Crippen molar-refractivity contribution in [2.45, 2.75) is 17.6 Å². The van der Waals surface area contributed by atoms with Gasteiger partial charge in [-0.05, 0) is 24.6 Å². The number of oxazole rings is 1. The van der Waals surface area contributed by atoms with Gasteiger partial charge in [-0.3, -0.25) is 4.79 Å². The number of hydrogen-bond acceptors (Lipinski definition) is 8. The number of carbonyl (C=O) groups excluding carboxylic acids is 1. The van der Waals surface area contributed by atoms with Crippen LogP contribution in [-0.2, 0) is 21.2 Å². The molecule has 8 nitrogen and oxygen atoms in total. The largest absolute Gasteiger partial charge is 0.444 e. The molecule has 12 heteroatoms. The van der Waals surface area contributed by atoms with Crippen molar-refractivity contribution in [1.82, 2.24) is 14.7 Å². The van der Waals surface area contributed by atoms with E-state index < -0.39 is 21.8 Å². The molecule has 0 aromatic carbocycles. The van der Waals surface area contributed by atoms with E-state index in [2.05, 4.69) is 14.7 Å². The van der Waals surface area contributed by atoms with Crippen LogP contribution >= 0.6 is 34.5 Å². The van der Waals surface area contributed by atoms with E-state index in [0.717, 1.165) is 23.5 Å². The molecule has 1 N–H and O–H groups in total. The van der Waals surface area contributed by atoms with E-state index in [1.807, 2.05) is 6.92 Å². The summed E-state index contributed by atoms with van der Waals surface area (Å²) in [6.07, 6.45) is 3.95. The molecule has 0 spiro atoms. The summed E-state index contributed by atoms with van der Waals surface area (Å²) < 4.78 is 32.4. The number of aromatic nitrogens is 2. The summed E-state index contributed by atoms with van der Waals surface area (Å²) in [6, 6.07) is 4.53. The zero-order chi connectivity index (χ0) is 21.5. The monoisotopic (exact) mass is 486 g/mol. The molecule has 0 saturated carbocycles. The van der Waals surface area contributed by atoms with Crippen LogP contribution in [0.25, 0.3) is 11.5 Å². The minimum absolute atomic E-state index is 0.00454. The number of aryl methyl sites for hydroxylation is 1. The van der Waals surface area contributed by atoms with Crippen LogP contribution in [0.3, 0.4) is 0 Å². The first-order chi connectivity index (χ1) is 14.3. The fourth-order valence-electron chi connectivity index (χ4n) is 2.91. The van der Waals surface area contributed by atoms with Gasteiger partial charge in [0.05, 0.1) is 26.5 Å². The van der Waals surface area contributed by atoms with Crippen LogP contribution in [0.5, 0.6) is 0 Å². The summed E-state index contributed by atoms with van der Waals surface area (Å²) in [6.45, 7) is 2.59. The van der Waals surface area contributed by atoms with Gasteiger partial charge in [0.1, 0.15) is 16.3 Å². The predicted octanol–water partition coefficient (Wildman–Crippen LogP) is 3.61. The number of thiophene rings is 1. The standard InChI is InChI=1S/C18H16Cl2N4O4S2/c1-2-12-9-28-18(22-12)10-5-13(19)16(21-6-10)24-7-11(8-24)17(25)23-30(26,27)15-4-3-14(20)29-15/h3-6,9,11H,2,7-8H2,1H3,(H,23,25). The third-order valence-corrected chi connectivity index (χ3v) is 7.93. The Labute approximate surface area is 186 Å². The van der Waals surface area contributed by atoms with Gasteiger partial charge in [0.2, 0.25) is 11.8 Å². The Balaban J connectivity index is 1.39. The van der Waals surface area contributed by atoms with Gasteiger partial charge in [0.15, 0.2) is 0 Å². The van der Waals surface area contributed by atoms with Crippen LogP contribution in [-0.4, -0.2) is 37.4 Å². The van der Waals surface area contributed by atoms with Crippen LogP contribution in [0, 0.1) is 5.92 Å². The van der Waals surface area contributed by atoms with Crippen molar-refractivity contribution in [3.8, 4) is 11.5 Å². The summed E-state index contributed by atoms with van der Waals surface area (Å²) in [4.78, 5) is 22.8. The van der Waals surface area contributed by atoms with E-state index in [4.69, 9.17) is 27.6 Å². The van der Waals surface area contributed by atoms with Crippen molar-refractivity contribution >= 4 is 56.3 Å². The number of sulfonamides is 1. The van der Waals surface area contributed by atoms with Crippen molar-refractivity contribution in [3.63, 3.8) is 0 Å². The van der Waals surface area contributed by atoms with E-state index in [0.29, 0.717) is 39.7 Å². The number of amides is 1. The molecular formula is C18H16Cl2N4O4S2. The maximum absolute atomic E-state index is 12.3. The van der Waals surface area contributed by atoms with Crippen molar-refractivity contribution in [2.24, 2.45) is 5.92 Å². The molecule has 1 amide bonds. The molecule has 1 saturated heterocycles. The van der Waals surface area contributed by atoms with Gasteiger partial charge in [-0.1, -0.05) is 30.1 Å². The lowest BCUT2D eigenvalue weighted by molar-refractivity contribution is -0.123. The van der Waals surface area contributed by atoms with Gasteiger partial charge in [-0.2, -0.15) is 0 Å². The third kappa shape index (κ3) is 4.18. The van der Waals surface area contributed by atoms with Gasteiger partial charge in [0, 0.05) is 19.3 Å². The highest BCUT2D eigenvalue weighted by Gasteiger charge is 2.36. The first kappa shape index (κ1) is 21.1. The first-order valence-corrected chi connectivity index (χ1v) is 12.0. The molecule has 1 aliphatic heterocycles. The van der Waals surface area contributed by atoms with Crippen molar-refractivity contribution in [1.29, 1.82) is 0 Å². The quantitative estimate of drug-likeness (QED) is 0.566. The molecule has 4 heterocycles. The fraction of sp³-hybridized carbons (Fsp3) is 0.278. The van der Waals surface area contributed by atoms with Gasteiger partial charge in [-0.15, -0.1) is 11.3 Å². The van der Waals surface area contributed by atoms with Gasteiger partial charge < -0.3 is 9.32 Å². The van der Waals surface area contributed by atoms with Crippen molar-refractivity contribution < 1.29 is 17.6 Å². The summed E-state index contributed by atoms with van der Waals surface area (Å²) in [5.41, 5.74) is 1.49. The average Bonchev–Trinajstić information content (AvgIpc) is 3.30. The van der Waals surface area contributed by atoms with Crippen LogP contribution in [0.4, 0.5) is 5.82 Å². The van der Waals surface area contributed by atoms with Gasteiger partial charge >= 0.3 is 0 Å². The summed E-state index contributed by atoms with van der Waals surface area (Å²) >= 11 is 13.0. The number of carbonyl (C=O) groups is 1. The molecule has 0 unspecified atom stereocenters. The van der Waals surface area contributed by atoms with Crippen LogP contribution in [0.15, 0.2) is 39.3 Å². The Hall–Kier alpha value is -2.14. The summed E-state index contributed by atoms with van der Waals surface area (Å²) in [5, 5.41) is 0.392. The number of nitrogens with zero attached hydrogens (tertiary/aromatic N) is 3. The van der Waals surface area contributed by atoms with E-state index in [1.54, 1.807) is 23.4 Å². The molecule has 4 rings (SSSR count). The highest BCUT2D eigenvalue weighted by atomic mass is 35.5. The Morgan fingerprint density at radius 2 is 2.13 bits per heavy atom. The molecular weight excluding hydrogens is 471 g/mol. The molecule has 0 radical (unpaired) electrons. The van der Waals surface area contributed by atoms with E-state index in [9.17, 15) is 13.2 Å². The lowest BCUT2D eigenvalue weighted by Crippen LogP contribution is -2.54. The SMILES string of the molecule is CCc1coc(-c2cnc(N3CC(C(=O)NS(=O)(=O)c4ccc(Cl)s4)C3)c(Cl)c2)n1. The van der Waals surface area contributed by atoms with Crippen molar-refractivity contribution in [3.05, 3.63) is 45.7 Å². The van der Waals surface area contributed by atoms with Gasteiger partial charge in [0.25, 0.3) is 10.0 Å². The maximum atomic E-state index is 12.3. The number of pyridine rings is 1. The second-order valence-electron chi connectivity index (χ2n) is 6.66. The average molecular weight is 487 g/mol. The highest BCUT2D eigenvalue weighted by Crippen LogP contribution is 2.33. The minimum atomic E-state index is -3.93. The Bertz CT molecular complexity index is 1200. The third-order valence-electron chi connectivity index (χ3n) is 4.58. The zero-order valence-corrected chi connectivity index (χ0v) is 18.8. The van der Waals surface area contributed by atoms with E-state index >= 15 is 0 Å². The zero-order valence-electron chi connectivity index (χ0n) is 15.6. The molecule has 158 valence electrons. The molecule has 0 aliphatic carbocycles. The number of anilines is 1. The fourth-order valence-corrected chi connectivity index (χ4v) is 5.72. The number of hydrogen-bond donors (Lipinski definition) is 1. The second kappa shape index (κ2) is 8.18. The smallest absolute Gasteiger partial charge is 0.273 e. The lowest BCUT2D eigenvalue weighted by Gasteiger charge is -2.39. The molecule has 1 aliphatic rings. The highest BCUT2D eigenvalue weighted by molar-refractivity contribution is 7.92. The molecule has 30 heavy (non-hydrogen) atoms. The maximum Gasteiger partial charge on any atom is 0.273 e. The molecule has 1 fully saturated rings. The topological polar surface area (TPSA) is 105 Å². The second-order valence-corrected chi connectivity index (χ2v) is 10.7. The van der Waals surface area contributed by atoms with Crippen molar-refractivity contribution in [2.75, 3.05) is 18.0 Å². The molecule has 0 bridgehead atoms. The minimum Gasteiger partial charge on any atom is -0.444 e. The Morgan fingerprint density at radius 1 is 1.37 bits per heavy atom. The van der Waals surface area contributed by atoms with Gasteiger partial charge in [-0.25, -0.2) is 23.1 Å². The Kier molecular flexibility index (Phi) is 5.75. The van der Waals surface area contributed by atoms with Crippen LogP contribution in [0.1, 0.15) is 12.6 Å². The Morgan fingerprint density at radius 3 is 2.73 bits per heavy atom. The summed E-state index contributed by atoms with van der Waals surface area (Å²) in [7, 11) is -3.93. The molecule has 3 aromatic heterocycles.